The number of nitrogens with one attached hydrogen (secondary N) is 1. The summed E-state index contributed by atoms with van der Waals surface area (Å²) < 4.78 is 39.1. The lowest BCUT2D eigenvalue weighted by Gasteiger charge is -2.31. The highest BCUT2D eigenvalue weighted by atomic mass is 35.5. The molecule has 1 aliphatic heterocycles. The number of carboxylic acid groups (broad SMARTS) is 1. The molecule has 0 saturated heterocycles. The number of fused-ring (bicyclic) bond motifs is 3. The number of aromatic amines is 1. The van der Waals surface area contributed by atoms with E-state index in [1.54, 1.807) is 6.07 Å². The maximum absolute atomic E-state index is 13.0. The van der Waals surface area contributed by atoms with Crippen molar-refractivity contribution < 1.29 is 27.9 Å². The van der Waals surface area contributed by atoms with Crippen LogP contribution in [0.1, 0.15) is 24.0 Å². The number of hydrogen-bond donors (Lipinski definition) is 2. The number of alkyl halides is 3. The summed E-state index contributed by atoms with van der Waals surface area (Å²) in [6.45, 7) is -1.85. The van der Waals surface area contributed by atoms with E-state index in [1.165, 1.54) is 0 Å². The molecular formula is C16H14Cl2F3N3O3. The fourth-order valence-electron chi connectivity index (χ4n) is 3.37. The van der Waals surface area contributed by atoms with E-state index in [4.69, 9.17) is 28.3 Å². The molecule has 0 fully saturated rings. The summed E-state index contributed by atoms with van der Waals surface area (Å²) in [5.41, 5.74) is 1.35. The highest BCUT2D eigenvalue weighted by Crippen LogP contribution is 2.37. The van der Waals surface area contributed by atoms with Crippen LogP contribution in [0.3, 0.4) is 0 Å². The quantitative estimate of drug-likeness (QED) is 0.785. The first-order valence-electron chi connectivity index (χ1n) is 7.98. The smallest absolute Gasteiger partial charge is 0.406 e. The molecular weight excluding hydrogens is 410 g/mol. The van der Waals surface area contributed by atoms with E-state index in [1.807, 2.05) is 0 Å². The molecule has 146 valence electrons. The minimum atomic E-state index is -4.63. The Labute approximate surface area is 161 Å². The van der Waals surface area contributed by atoms with Gasteiger partial charge in [0.15, 0.2) is 0 Å². The third-order valence-electron chi connectivity index (χ3n) is 4.50. The lowest BCUT2D eigenvalue weighted by Crippen LogP contribution is -2.43. The first-order chi connectivity index (χ1) is 12.6. The van der Waals surface area contributed by atoms with Crippen molar-refractivity contribution in [3.8, 4) is 0 Å². The second-order valence-electron chi connectivity index (χ2n) is 6.40. The maximum Gasteiger partial charge on any atom is 0.406 e. The number of halogens is 5. The number of aromatic nitrogens is 2. The maximum atomic E-state index is 13.0. The second kappa shape index (κ2) is 7.20. The SMILES string of the molecule is O=C(O)C[C@@H]1CCc2cc(Cl)c3n[nH]c(Cl)c3c2CN(CC(F)(F)F)C1=O. The van der Waals surface area contributed by atoms with Crippen LogP contribution in [-0.4, -0.2) is 44.8 Å². The van der Waals surface area contributed by atoms with Crippen molar-refractivity contribution in [2.24, 2.45) is 5.92 Å². The molecule has 2 heterocycles. The van der Waals surface area contributed by atoms with Gasteiger partial charge >= 0.3 is 12.1 Å². The van der Waals surface area contributed by atoms with Gasteiger partial charge in [0.1, 0.15) is 17.2 Å². The minimum Gasteiger partial charge on any atom is -0.481 e. The van der Waals surface area contributed by atoms with Crippen molar-refractivity contribution in [1.29, 1.82) is 0 Å². The largest absolute Gasteiger partial charge is 0.481 e. The third-order valence-corrected chi connectivity index (χ3v) is 5.06. The normalized spacial score (nSPS) is 18.3. The predicted octanol–water partition coefficient (Wildman–Crippen LogP) is 3.80. The number of carbonyl (C=O) groups excluding carboxylic acids is 1. The first-order valence-corrected chi connectivity index (χ1v) is 8.73. The number of aryl methyl sites for hydroxylation is 1. The Morgan fingerprint density at radius 2 is 2.11 bits per heavy atom. The van der Waals surface area contributed by atoms with Crippen molar-refractivity contribution in [2.75, 3.05) is 6.54 Å². The molecule has 6 nitrogen and oxygen atoms in total. The topological polar surface area (TPSA) is 86.3 Å². The first kappa shape index (κ1) is 19.8. The van der Waals surface area contributed by atoms with Crippen LogP contribution < -0.4 is 0 Å². The van der Waals surface area contributed by atoms with Crippen molar-refractivity contribution in [1.82, 2.24) is 15.1 Å². The van der Waals surface area contributed by atoms with Gasteiger partial charge in [-0.1, -0.05) is 23.2 Å². The molecule has 0 bridgehead atoms. The average molecular weight is 424 g/mol. The van der Waals surface area contributed by atoms with E-state index < -0.39 is 36.9 Å². The number of carbonyl (C=O) groups is 2. The molecule has 2 N–H and O–H groups in total. The Morgan fingerprint density at radius 1 is 1.41 bits per heavy atom. The van der Waals surface area contributed by atoms with Gasteiger partial charge in [0.2, 0.25) is 5.91 Å². The van der Waals surface area contributed by atoms with Gasteiger partial charge in [0, 0.05) is 17.8 Å². The molecule has 0 radical (unpaired) electrons. The summed E-state index contributed by atoms with van der Waals surface area (Å²) in [4.78, 5) is 24.3. The Bertz CT molecular complexity index is 914. The molecule has 1 atom stereocenters. The number of carboxylic acids is 1. The second-order valence-corrected chi connectivity index (χ2v) is 7.19. The molecule has 0 spiro atoms. The predicted molar refractivity (Wildman–Crippen MR) is 91.6 cm³/mol. The number of rotatable bonds is 3. The zero-order valence-corrected chi connectivity index (χ0v) is 15.3. The van der Waals surface area contributed by atoms with Crippen molar-refractivity contribution >= 4 is 46.0 Å². The van der Waals surface area contributed by atoms with Gasteiger partial charge in [0.25, 0.3) is 0 Å². The van der Waals surface area contributed by atoms with E-state index in [9.17, 15) is 22.8 Å². The van der Waals surface area contributed by atoms with E-state index in [-0.39, 0.29) is 29.6 Å². The molecule has 1 aromatic heterocycles. The minimum absolute atomic E-state index is 0.0871. The molecule has 1 aliphatic rings. The van der Waals surface area contributed by atoms with Crippen LogP contribution in [0.4, 0.5) is 13.2 Å². The molecule has 3 rings (SSSR count). The fourth-order valence-corrected chi connectivity index (χ4v) is 3.89. The summed E-state index contributed by atoms with van der Waals surface area (Å²) in [5, 5.41) is 16.3. The number of benzene rings is 1. The highest BCUT2D eigenvalue weighted by Gasteiger charge is 2.38. The number of nitrogens with zero attached hydrogens (tertiary/aromatic N) is 2. The average Bonchev–Trinajstić information content (AvgIpc) is 2.93. The van der Waals surface area contributed by atoms with E-state index in [2.05, 4.69) is 10.2 Å². The van der Waals surface area contributed by atoms with E-state index >= 15 is 0 Å². The van der Waals surface area contributed by atoms with Gasteiger partial charge < -0.3 is 10.0 Å². The summed E-state index contributed by atoms with van der Waals surface area (Å²) in [6, 6.07) is 1.58. The van der Waals surface area contributed by atoms with Crippen LogP contribution in [-0.2, 0) is 22.6 Å². The van der Waals surface area contributed by atoms with Crippen LogP contribution in [0.25, 0.3) is 10.9 Å². The Hall–Kier alpha value is -2.00. The van der Waals surface area contributed by atoms with E-state index in [0.717, 1.165) is 0 Å². The summed E-state index contributed by atoms with van der Waals surface area (Å²) in [6.07, 6.45) is -4.79. The fraction of sp³-hybridized carbons (Fsp3) is 0.438. The third kappa shape index (κ3) is 4.14. The van der Waals surface area contributed by atoms with Gasteiger partial charge in [-0.05, 0) is 30.0 Å². The van der Waals surface area contributed by atoms with Crippen LogP contribution in [0, 0.1) is 5.92 Å². The van der Waals surface area contributed by atoms with Gasteiger partial charge in [-0.15, -0.1) is 0 Å². The molecule has 1 amide bonds. The Morgan fingerprint density at radius 3 is 2.74 bits per heavy atom. The van der Waals surface area contributed by atoms with E-state index in [0.29, 0.717) is 26.9 Å². The molecule has 1 aromatic carbocycles. The highest BCUT2D eigenvalue weighted by molar-refractivity contribution is 6.39. The van der Waals surface area contributed by atoms with Gasteiger partial charge in [-0.2, -0.15) is 18.3 Å². The van der Waals surface area contributed by atoms with Gasteiger partial charge in [-0.25, -0.2) is 0 Å². The van der Waals surface area contributed by atoms with Gasteiger partial charge in [-0.3, -0.25) is 14.7 Å². The van der Waals surface area contributed by atoms with Gasteiger partial charge in [0.05, 0.1) is 11.4 Å². The molecule has 0 saturated carbocycles. The molecule has 11 heteroatoms. The van der Waals surface area contributed by atoms with Crippen molar-refractivity contribution in [3.05, 3.63) is 27.4 Å². The molecule has 27 heavy (non-hydrogen) atoms. The molecule has 0 unspecified atom stereocenters. The molecule has 2 aromatic rings. The Kier molecular flexibility index (Phi) is 5.27. The zero-order chi connectivity index (χ0) is 19.9. The van der Waals surface area contributed by atoms with Crippen LogP contribution in [0.2, 0.25) is 10.2 Å². The van der Waals surface area contributed by atoms with Crippen LogP contribution in [0.5, 0.6) is 0 Å². The lowest BCUT2D eigenvalue weighted by atomic mass is 9.89. The molecule has 0 aliphatic carbocycles. The number of H-pyrrole nitrogens is 1. The number of aliphatic carboxylic acids is 1. The lowest BCUT2D eigenvalue weighted by molar-refractivity contribution is -0.166. The number of amides is 1. The van der Waals surface area contributed by atoms with Crippen molar-refractivity contribution in [3.63, 3.8) is 0 Å². The Balaban J connectivity index is 2.12. The zero-order valence-electron chi connectivity index (χ0n) is 13.7. The summed E-state index contributed by atoms with van der Waals surface area (Å²) in [5.74, 6) is -3.14. The van der Waals surface area contributed by atoms with Crippen LogP contribution >= 0.6 is 23.2 Å². The van der Waals surface area contributed by atoms with Crippen molar-refractivity contribution in [2.45, 2.75) is 32.0 Å². The standard InChI is InChI=1S/C16H14Cl2F3N3O3/c17-10-3-7-1-2-8(4-11(25)26)15(27)24(6-16(19,20)21)5-9(7)12-13(10)22-23-14(12)18/h3,8H,1-2,4-6H2,(H,22,23)(H,25,26)/t8-/m0/s1. The number of hydrogen-bond acceptors (Lipinski definition) is 3. The van der Waals surface area contributed by atoms with Crippen LogP contribution in [0.15, 0.2) is 6.07 Å². The summed E-state index contributed by atoms with van der Waals surface area (Å²) in [7, 11) is 0. The summed E-state index contributed by atoms with van der Waals surface area (Å²) >= 11 is 12.3. The monoisotopic (exact) mass is 423 g/mol.